The maximum Gasteiger partial charge on any atom is 0.319 e. The van der Waals surface area contributed by atoms with Crippen molar-refractivity contribution < 1.29 is 14.6 Å². The van der Waals surface area contributed by atoms with Crippen LogP contribution in [0.3, 0.4) is 0 Å². The van der Waals surface area contributed by atoms with Crippen LogP contribution in [0.15, 0.2) is 24.8 Å². The summed E-state index contributed by atoms with van der Waals surface area (Å²) in [5.41, 5.74) is 2.07. The van der Waals surface area contributed by atoms with Crippen molar-refractivity contribution in [2.75, 3.05) is 32.3 Å². The van der Waals surface area contributed by atoms with Crippen molar-refractivity contribution in [2.24, 2.45) is 0 Å². The zero-order chi connectivity index (χ0) is 18.1. The summed E-state index contributed by atoms with van der Waals surface area (Å²) in [6.45, 7) is 0.925. The first-order valence-electron chi connectivity index (χ1n) is 8.41. The third-order valence-electron chi connectivity index (χ3n) is 4.60. The van der Waals surface area contributed by atoms with E-state index in [1.807, 2.05) is 16.8 Å². The lowest BCUT2D eigenvalue weighted by atomic mass is 10.2. The number of aliphatic hydroxyl groups is 1. The van der Waals surface area contributed by atoms with E-state index in [1.165, 1.54) is 7.11 Å². The van der Waals surface area contributed by atoms with Gasteiger partial charge in [-0.3, -0.25) is 0 Å². The van der Waals surface area contributed by atoms with E-state index in [2.05, 4.69) is 19.9 Å². The molecule has 0 saturated carbocycles. The van der Waals surface area contributed by atoms with Gasteiger partial charge in [0.2, 0.25) is 5.88 Å². The minimum Gasteiger partial charge on any atom is -0.480 e. The summed E-state index contributed by atoms with van der Waals surface area (Å²) < 4.78 is 12.4. The lowest BCUT2D eigenvalue weighted by molar-refractivity contribution is 0.266. The first kappa shape index (κ1) is 16.5. The summed E-state index contributed by atoms with van der Waals surface area (Å²) in [6.07, 6.45) is 9.04. The number of methoxy groups -OCH3 is 2. The van der Waals surface area contributed by atoms with Gasteiger partial charge in [0.25, 0.3) is 0 Å². The SMILES string of the molecule is COc1ncc(-c2cn3ccnc3c(N3CCCC3CO)n2)c(OC)n1. The van der Waals surface area contributed by atoms with E-state index in [0.717, 1.165) is 30.9 Å². The van der Waals surface area contributed by atoms with E-state index in [-0.39, 0.29) is 18.7 Å². The van der Waals surface area contributed by atoms with Gasteiger partial charge in [-0.15, -0.1) is 0 Å². The van der Waals surface area contributed by atoms with Gasteiger partial charge in [0.05, 0.1) is 38.1 Å². The zero-order valence-corrected chi connectivity index (χ0v) is 14.7. The van der Waals surface area contributed by atoms with Crippen molar-refractivity contribution in [1.82, 2.24) is 24.3 Å². The second kappa shape index (κ2) is 6.75. The maximum atomic E-state index is 9.70. The average Bonchev–Trinajstić information content (AvgIpc) is 3.35. The van der Waals surface area contributed by atoms with Crippen molar-refractivity contribution in [3.63, 3.8) is 0 Å². The molecular formula is C17H20N6O3. The molecule has 9 heteroatoms. The highest BCUT2D eigenvalue weighted by atomic mass is 16.5. The Labute approximate surface area is 150 Å². The van der Waals surface area contributed by atoms with E-state index in [1.54, 1.807) is 19.5 Å². The molecule has 0 radical (unpaired) electrons. The quantitative estimate of drug-likeness (QED) is 0.727. The van der Waals surface area contributed by atoms with Gasteiger partial charge in [0.1, 0.15) is 0 Å². The van der Waals surface area contributed by atoms with Crippen molar-refractivity contribution in [2.45, 2.75) is 18.9 Å². The van der Waals surface area contributed by atoms with Crippen LogP contribution in [-0.4, -0.2) is 62.9 Å². The highest BCUT2D eigenvalue weighted by molar-refractivity contribution is 5.72. The lowest BCUT2D eigenvalue weighted by Crippen LogP contribution is -2.33. The summed E-state index contributed by atoms with van der Waals surface area (Å²) in [6, 6.07) is 0.279. The number of fused-ring (bicyclic) bond motifs is 1. The molecule has 1 aliphatic rings. The number of hydrogen-bond acceptors (Lipinski definition) is 8. The van der Waals surface area contributed by atoms with E-state index in [4.69, 9.17) is 14.5 Å². The van der Waals surface area contributed by atoms with Gasteiger partial charge >= 0.3 is 6.01 Å². The topological polar surface area (TPSA) is 97.9 Å². The molecule has 0 bridgehead atoms. The molecule has 3 aromatic heterocycles. The van der Waals surface area contributed by atoms with Crippen LogP contribution in [0.5, 0.6) is 11.9 Å². The molecule has 1 N–H and O–H groups in total. The predicted octanol–water partition coefficient (Wildman–Crippen LogP) is 1.16. The third kappa shape index (κ3) is 2.70. The van der Waals surface area contributed by atoms with E-state index in [9.17, 15) is 5.11 Å². The van der Waals surface area contributed by atoms with Crippen LogP contribution in [0, 0.1) is 0 Å². The molecule has 0 aromatic carbocycles. The number of hydrogen-bond donors (Lipinski definition) is 1. The number of aliphatic hydroxyl groups excluding tert-OH is 1. The minimum absolute atomic E-state index is 0.0484. The fraction of sp³-hybridized carbons (Fsp3) is 0.412. The van der Waals surface area contributed by atoms with Crippen LogP contribution in [0.4, 0.5) is 5.82 Å². The summed E-state index contributed by atoms with van der Waals surface area (Å²) in [7, 11) is 3.05. The van der Waals surface area contributed by atoms with Crippen molar-refractivity contribution in [3.8, 4) is 23.1 Å². The van der Waals surface area contributed by atoms with Gasteiger partial charge in [0.15, 0.2) is 11.5 Å². The first-order valence-corrected chi connectivity index (χ1v) is 8.41. The molecule has 26 heavy (non-hydrogen) atoms. The molecule has 9 nitrogen and oxygen atoms in total. The van der Waals surface area contributed by atoms with Crippen LogP contribution in [-0.2, 0) is 0 Å². The molecule has 1 aliphatic heterocycles. The average molecular weight is 356 g/mol. The van der Waals surface area contributed by atoms with Crippen LogP contribution < -0.4 is 14.4 Å². The largest absolute Gasteiger partial charge is 0.480 e. The van der Waals surface area contributed by atoms with Crippen LogP contribution in [0.1, 0.15) is 12.8 Å². The van der Waals surface area contributed by atoms with Gasteiger partial charge in [-0.25, -0.2) is 15.0 Å². The lowest BCUT2D eigenvalue weighted by Gasteiger charge is -2.25. The maximum absolute atomic E-state index is 9.70. The Morgan fingerprint density at radius 2 is 2.12 bits per heavy atom. The molecule has 4 heterocycles. The molecule has 1 unspecified atom stereocenters. The second-order valence-electron chi connectivity index (χ2n) is 6.06. The van der Waals surface area contributed by atoms with Gasteiger partial charge in [-0.1, -0.05) is 0 Å². The number of aromatic nitrogens is 5. The molecule has 0 amide bonds. The predicted molar refractivity (Wildman–Crippen MR) is 94.6 cm³/mol. The summed E-state index contributed by atoms with van der Waals surface area (Å²) in [5.74, 6) is 1.12. The van der Waals surface area contributed by atoms with Gasteiger partial charge < -0.3 is 23.9 Å². The molecule has 4 rings (SSSR count). The number of anilines is 1. The minimum atomic E-state index is 0.0484. The fourth-order valence-electron chi connectivity index (χ4n) is 3.32. The molecule has 0 spiro atoms. The molecule has 0 aliphatic carbocycles. The Morgan fingerprint density at radius 1 is 1.23 bits per heavy atom. The molecule has 136 valence electrons. The second-order valence-corrected chi connectivity index (χ2v) is 6.06. The Morgan fingerprint density at radius 3 is 2.88 bits per heavy atom. The van der Waals surface area contributed by atoms with Crippen LogP contribution >= 0.6 is 0 Å². The highest BCUT2D eigenvalue weighted by Crippen LogP contribution is 2.32. The van der Waals surface area contributed by atoms with Crippen molar-refractivity contribution in [1.29, 1.82) is 0 Å². The molecule has 1 fully saturated rings. The van der Waals surface area contributed by atoms with Gasteiger partial charge in [-0.05, 0) is 12.8 Å². The van der Waals surface area contributed by atoms with Crippen molar-refractivity contribution >= 4 is 11.5 Å². The van der Waals surface area contributed by atoms with Crippen LogP contribution in [0.25, 0.3) is 16.9 Å². The monoisotopic (exact) mass is 356 g/mol. The zero-order valence-electron chi connectivity index (χ0n) is 14.7. The number of nitrogens with zero attached hydrogens (tertiary/aromatic N) is 6. The Hall–Kier alpha value is -2.94. The summed E-state index contributed by atoms with van der Waals surface area (Å²) >= 11 is 0. The Balaban J connectivity index is 1.87. The normalized spacial score (nSPS) is 17.0. The smallest absolute Gasteiger partial charge is 0.319 e. The molecule has 3 aromatic rings. The fourth-order valence-corrected chi connectivity index (χ4v) is 3.32. The standard InChI is InChI=1S/C17H20N6O3/c1-25-16-12(8-19-17(21-16)26-2)13-9-22-7-5-18-14(22)15(20-13)23-6-3-4-11(23)10-24/h5,7-9,11,24H,3-4,6,10H2,1-2H3. The van der Waals surface area contributed by atoms with E-state index >= 15 is 0 Å². The Bertz CT molecular complexity index is 928. The number of ether oxygens (including phenoxy) is 2. The molecular weight excluding hydrogens is 336 g/mol. The van der Waals surface area contributed by atoms with Crippen molar-refractivity contribution in [3.05, 3.63) is 24.8 Å². The molecule has 1 saturated heterocycles. The first-order chi connectivity index (χ1) is 12.7. The van der Waals surface area contributed by atoms with Gasteiger partial charge in [0, 0.05) is 31.3 Å². The summed E-state index contributed by atoms with van der Waals surface area (Å²) in [5, 5.41) is 9.70. The van der Waals surface area contributed by atoms with E-state index in [0.29, 0.717) is 17.1 Å². The molecule has 1 atom stereocenters. The Kier molecular flexibility index (Phi) is 4.29. The third-order valence-corrected chi connectivity index (χ3v) is 4.60. The van der Waals surface area contributed by atoms with Crippen LogP contribution in [0.2, 0.25) is 0 Å². The highest BCUT2D eigenvalue weighted by Gasteiger charge is 2.28. The number of imidazole rings is 1. The van der Waals surface area contributed by atoms with Gasteiger partial charge in [-0.2, -0.15) is 4.98 Å². The van der Waals surface area contributed by atoms with E-state index < -0.39 is 0 Å². The summed E-state index contributed by atoms with van der Waals surface area (Å²) in [4.78, 5) is 19.8. The number of rotatable bonds is 5.